The van der Waals surface area contributed by atoms with Crippen molar-refractivity contribution in [1.29, 1.82) is 0 Å². The molecule has 1 heterocycles. The van der Waals surface area contributed by atoms with Crippen LogP contribution in [0.4, 0.5) is 0 Å². The summed E-state index contributed by atoms with van der Waals surface area (Å²) in [5.41, 5.74) is 0.515. The van der Waals surface area contributed by atoms with Crippen LogP contribution in [0, 0.1) is 5.92 Å². The van der Waals surface area contributed by atoms with Crippen molar-refractivity contribution in [2.45, 2.75) is 44.2 Å². The summed E-state index contributed by atoms with van der Waals surface area (Å²) in [5.74, 6) is 1.48. The van der Waals surface area contributed by atoms with Crippen LogP contribution < -0.4 is 14.8 Å². The number of ether oxygens (including phenoxy) is 2. The van der Waals surface area contributed by atoms with Gasteiger partial charge in [-0.05, 0) is 49.4 Å². The van der Waals surface area contributed by atoms with E-state index in [4.69, 9.17) is 9.47 Å². The van der Waals surface area contributed by atoms with Gasteiger partial charge in [0.05, 0.1) is 19.2 Å². The lowest BCUT2D eigenvalue weighted by molar-refractivity contribution is -0.125. The van der Waals surface area contributed by atoms with Crippen molar-refractivity contribution in [2.75, 3.05) is 20.3 Å². The molecular formula is C25H30N2O4. The Balaban J connectivity index is 1.45. The molecule has 1 aliphatic heterocycles. The molecule has 0 aromatic heterocycles. The Morgan fingerprint density at radius 1 is 1.03 bits per heavy atom. The van der Waals surface area contributed by atoms with Gasteiger partial charge in [-0.25, -0.2) is 0 Å². The van der Waals surface area contributed by atoms with Crippen molar-refractivity contribution in [3.63, 3.8) is 0 Å². The number of rotatable bonds is 7. The number of carbonyl (C=O) groups is 2. The average molecular weight is 423 g/mol. The predicted octanol–water partition coefficient (Wildman–Crippen LogP) is 3.66. The lowest BCUT2D eigenvalue weighted by Crippen LogP contribution is -2.50. The fraction of sp³-hybridized carbons (Fsp3) is 0.440. The van der Waals surface area contributed by atoms with E-state index in [9.17, 15) is 9.59 Å². The third-order valence-electron chi connectivity index (χ3n) is 6.38. The van der Waals surface area contributed by atoms with E-state index in [0.29, 0.717) is 30.4 Å². The summed E-state index contributed by atoms with van der Waals surface area (Å²) in [6.45, 7) is 0.784. The molecule has 1 saturated carbocycles. The first-order valence-corrected chi connectivity index (χ1v) is 11.1. The molecule has 4 rings (SSSR count). The molecule has 3 unspecified atom stereocenters. The molecule has 0 spiro atoms. The molecule has 2 amide bonds. The van der Waals surface area contributed by atoms with E-state index in [-0.39, 0.29) is 17.9 Å². The minimum Gasteiger partial charge on any atom is -0.496 e. The quantitative estimate of drug-likeness (QED) is 0.692. The van der Waals surface area contributed by atoms with Gasteiger partial charge in [0.25, 0.3) is 5.91 Å². The van der Waals surface area contributed by atoms with Crippen molar-refractivity contribution in [3.05, 3.63) is 60.2 Å². The standard InChI is InChI=1S/C25H30N2O4/c1-30-23-14-8-6-12-20(23)25(29)27-21-13-7-5-9-18(21)17-22(27)24(28)26-15-16-31-19-10-3-2-4-11-19/h2-4,6,8,10-12,14,18,21-22H,5,7,9,13,15-17H2,1H3,(H,26,28). The number of fused-ring (bicyclic) bond motifs is 1. The lowest BCUT2D eigenvalue weighted by atomic mass is 9.84. The van der Waals surface area contributed by atoms with Crippen LogP contribution in [0.2, 0.25) is 0 Å². The monoisotopic (exact) mass is 422 g/mol. The summed E-state index contributed by atoms with van der Waals surface area (Å²) < 4.78 is 11.1. The minimum absolute atomic E-state index is 0.102. The van der Waals surface area contributed by atoms with Crippen molar-refractivity contribution < 1.29 is 19.1 Å². The molecule has 2 aromatic carbocycles. The number of hydrogen-bond acceptors (Lipinski definition) is 4. The maximum atomic E-state index is 13.6. The molecule has 164 valence electrons. The number of carbonyl (C=O) groups excluding carboxylic acids is 2. The second-order valence-corrected chi connectivity index (χ2v) is 8.23. The van der Waals surface area contributed by atoms with Crippen molar-refractivity contribution in [1.82, 2.24) is 10.2 Å². The van der Waals surface area contributed by atoms with Crippen molar-refractivity contribution >= 4 is 11.8 Å². The topological polar surface area (TPSA) is 67.9 Å². The van der Waals surface area contributed by atoms with Crippen LogP contribution in [-0.4, -0.2) is 49.1 Å². The molecule has 2 fully saturated rings. The zero-order valence-corrected chi connectivity index (χ0v) is 18.0. The molecule has 6 nitrogen and oxygen atoms in total. The summed E-state index contributed by atoms with van der Waals surface area (Å²) >= 11 is 0. The number of amides is 2. The fourth-order valence-electron chi connectivity index (χ4n) is 4.92. The van der Waals surface area contributed by atoms with Gasteiger partial charge in [-0.3, -0.25) is 9.59 Å². The first-order valence-electron chi connectivity index (χ1n) is 11.1. The highest BCUT2D eigenvalue weighted by molar-refractivity contribution is 6.00. The number of methoxy groups -OCH3 is 1. The highest BCUT2D eigenvalue weighted by atomic mass is 16.5. The first kappa shape index (κ1) is 21.2. The molecule has 2 aliphatic rings. The van der Waals surface area contributed by atoms with E-state index in [1.807, 2.05) is 47.4 Å². The maximum Gasteiger partial charge on any atom is 0.258 e. The third kappa shape index (κ3) is 4.68. The number of para-hydroxylation sites is 2. The van der Waals surface area contributed by atoms with Crippen molar-refractivity contribution in [2.24, 2.45) is 5.92 Å². The average Bonchev–Trinajstić information content (AvgIpc) is 3.21. The normalized spacial score (nSPS) is 22.5. The lowest BCUT2D eigenvalue weighted by Gasteiger charge is -2.34. The van der Waals surface area contributed by atoms with Crippen LogP contribution in [0.1, 0.15) is 42.5 Å². The van der Waals surface area contributed by atoms with E-state index in [0.717, 1.165) is 37.9 Å². The van der Waals surface area contributed by atoms with Gasteiger partial charge in [0.2, 0.25) is 5.91 Å². The number of likely N-dealkylation sites (tertiary alicyclic amines) is 1. The van der Waals surface area contributed by atoms with E-state index >= 15 is 0 Å². The Kier molecular flexibility index (Phi) is 6.75. The maximum absolute atomic E-state index is 13.6. The highest BCUT2D eigenvalue weighted by Gasteiger charge is 2.47. The van der Waals surface area contributed by atoms with Crippen LogP contribution in [-0.2, 0) is 4.79 Å². The Morgan fingerprint density at radius 3 is 2.58 bits per heavy atom. The summed E-state index contributed by atoms with van der Waals surface area (Å²) in [4.78, 5) is 28.5. The zero-order valence-electron chi connectivity index (χ0n) is 18.0. The summed E-state index contributed by atoms with van der Waals surface area (Å²) in [6, 6.07) is 16.4. The fourth-order valence-corrected chi connectivity index (χ4v) is 4.92. The van der Waals surface area contributed by atoms with E-state index < -0.39 is 6.04 Å². The van der Waals surface area contributed by atoms with Gasteiger partial charge >= 0.3 is 0 Å². The molecule has 6 heteroatoms. The van der Waals surface area contributed by atoms with E-state index in [1.165, 1.54) is 0 Å². The Bertz CT molecular complexity index is 901. The Morgan fingerprint density at radius 2 is 1.77 bits per heavy atom. The van der Waals surface area contributed by atoms with Crippen LogP contribution in [0.5, 0.6) is 11.5 Å². The first-order chi connectivity index (χ1) is 15.2. The molecule has 1 saturated heterocycles. The number of hydrogen-bond donors (Lipinski definition) is 1. The summed E-state index contributed by atoms with van der Waals surface area (Å²) in [7, 11) is 1.57. The van der Waals surface area contributed by atoms with Gasteiger partial charge < -0.3 is 19.7 Å². The minimum atomic E-state index is -0.456. The molecule has 3 atom stereocenters. The highest BCUT2D eigenvalue weighted by Crippen LogP contribution is 2.41. The SMILES string of the molecule is COc1ccccc1C(=O)N1C(C(=O)NCCOc2ccccc2)CC2CCCCC21. The molecule has 2 aromatic rings. The molecular weight excluding hydrogens is 392 g/mol. The zero-order chi connectivity index (χ0) is 21.6. The van der Waals surface area contributed by atoms with Crippen LogP contribution in [0.15, 0.2) is 54.6 Å². The van der Waals surface area contributed by atoms with Gasteiger partial charge in [0, 0.05) is 6.04 Å². The van der Waals surface area contributed by atoms with Crippen LogP contribution in [0.25, 0.3) is 0 Å². The molecule has 1 N–H and O–H groups in total. The molecule has 0 bridgehead atoms. The van der Waals surface area contributed by atoms with E-state index in [2.05, 4.69) is 5.32 Å². The molecule has 31 heavy (non-hydrogen) atoms. The van der Waals surface area contributed by atoms with Gasteiger partial charge in [0.15, 0.2) is 0 Å². The van der Waals surface area contributed by atoms with Gasteiger partial charge in [-0.2, -0.15) is 0 Å². The smallest absolute Gasteiger partial charge is 0.258 e. The number of benzene rings is 2. The van der Waals surface area contributed by atoms with Gasteiger partial charge in [0.1, 0.15) is 24.1 Å². The Hall–Kier alpha value is -3.02. The van der Waals surface area contributed by atoms with Crippen LogP contribution in [0.3, 0.4) is 0 Å². The molecule has 0 radical (unpaired) electrons. The van der Waals surface area contributed by atoms with Gasteiger partial charge in [-0.15, -0.1) is 0 Å². The second kappa shape index (κ2) is 9.86. The summed E-state index contributed by atoms with van der Waals surface area (Å²) in [6.07, 6.45) is 5.00. The predicted molar refractivity (Wildman–Crippen MR) is 118 cm³/mol. The summed E-state index contributed by atoms with van der Waals surface area (Å²) in [5, 5.41) is 2.98. The Labute approximate surface area is 183 Å². The van der Waals surface area contributed by atoms with Crippen LogP contribution >= 0.6 is 0 Å². The number of nitrogens with zero attached hydrogens (tertiary/aromatic N) is 1. The largest absolute Gasteiger partial charge is 0.496 e. The molecule has 1 aliphatic carbocycles. The third-order valence-corrected chi connectivity index (χ3v) is 6.38. The van der Waals surface area contributed by atoms with Crippen molar-refractivity contribution in [3.8, 4) is 11.5 Å². The van der Waals surface area contributed by atoms with Gasteiger partial charge in [-0.1, -0.05) is 43.2 Å². The number of nitrogens with one attached hydrogen (secondary N) is 1. The second-order valence-electron chi connectivity index (χ2n) is 8.23. The van der Waals surface area contributed by atoms with E-state index in [1.54, 1.807) is 19.2 Å².